The lowest BCUT2D eigenvalue weighted by molar-refractivity contribution is -0.0442. The van der Waals surface area contributed by atoms with Gasteiger partial charge in [-0.05, 0) is 31.2 Å². The van der Waals surface area contributed by atoms with Gasteiger partial charge in [-0.15, -0.1) is 0 Å². The molecule has 2 aliphatic rings. The van der Waals surface area contributed by atoms with Gasteiger partial charge in [-0.25, -0.2) is 0 Å². The van der Waals surface area contributed by atoms with Crippen LogP contribution in [0.1, 0.15) is 43.1 Å². The van der Waals surface area contributed by atoms with E-state index in [9.17, 15) is 0 Å². The molecule has 1 aliphatic heterocycles. The second-order valence-corrected chi connectivity index (χ2v) is 4.71. The van der Waals surface area contributed by atoms with Gasteiger partial charge in [0.2, 0.25) is 0 Å². The van der Waals surface area contributed by atoms with E-state index in [-0.39, 0.29) is 6.29 Å². The average Bonchev–Trinajstić information content (AvgIpc) is 3.01. The maximum atomic E-state index is 5.59. The van der Waals surface area contributed by atoms with Crippen molar-refractivity contribution in [2.24, 2.45) is 0 Å². The molecule has 2 heteroatoms. The van der Waals surface area contributed by atoms with Crippen LogP contribution in [0.2, 0.25) is 0 Å². The van der Waals surface area contributed by atoms with Crippen molar-refractivity contribution in [3.05, 3.63) is 41.0 Å². The highest BCUT2D eigenvalue weighted by atomic mass is 16.7. The summed E-state index contributed by atoms with van der Waals surface area (Å²) in [5.41, 5.74) is 4.00. The summed E-state index contributed by atoms with van der Waals surface area (Å²) < 4.78 is 11.2. The van der Waals surface area contributed by atoms with Crippen LogP contribution in [0.15, 0.2) is 29.8 Å². The summed E-state index contributed by atoms with van der Waals surface area (Å²) >= 11 is 0. The molecule has 0 radical (unpaired) electrons. The predicted molar refractivity (Wildman–Crippen MR) is 67.5 cm³/mol. The topological polar surface area (TPSA) is 18.5 Å². The molecule has 1 saturated carbocycles. The minimum atomic E-state index is -0.163. The molecule has 0 unspecified atom stereocenters. The van der Waals surface area contributed by atoms with Crippen molar-refractivity contribution in [2.75, 3.05) is 13.2 Å². The van der Waals surface area contributed by atoms with E-state index in [2.05, 4.69) is 30.3 Å². The quantitative estimate of drug-likeness (QED) is 0.771. The first-order valence-corrected chi connectivity index (χ1v) is 6.45. The van der Waals surface area contributed by atoms with Crippen LogP contribution in [0.5, 0.6) is 0 Å². The van der Waals surface area contributed by atoms with Crippen LogP contribution in [0.3, 0.4) is 0 Å². The number of rotatable bonds is 2. The van der Waals surface area contributed by atoms with Gasteiger partial charge < -0.3 is 9.47 Å². The van der Waals surface area contributed by atoms with Gasteiger partial charge in [0.05, 0.1) is 13.2 Å². The zero-order valence-corrected chi connectivity index (χ0v) is 10.0. The minimum absolute atomic E-state index is 0.163. The Kier molecular flexibility index (Phi) is 3.25. The predicted octanol–water partition coefficient (Wildman–Crippen LogP) is 3.69. The molecular weight excluding hydrogens is 212 g/mol. The number of ether oxygens (including phenoxy) is 2. The SMILES string of the molecule is C(=C1CCCC1)c1ccccc1C1OCCO1. The van der Waals surface area contributed by atoms with Gasteiger partial charge in [-0.1, -0.05) is 35.9 Å². The molecule has 0 atom stereocenters. The lowest BCUT2D eigenvalue weighted by Crippen LogP contribution is -2.00. The Morgan fingerprint density at radius 1 is 1.00 bits per heavy atom. The molecule has 2 nitrogen and oxygen atoms in total. The third kappa shape index (κ3) is 2.43. The fraction of sp³-hybridized carbons (Fsp3) is 0.467. The minimum Gasteiger partial charge on any atom is -0.346 e. The summed E-state index contributed by atoms with van der Waals surface area (Å²) in [6, 6.07) is 8.40. The molecule has 0 amide bonds. The number of hydrogen-bond donors (Lipinski definition) is 0. The van der Waals surface area contributed by atoms with Crippen LogP contribution in [0.4, 0.5) is 0 Å². The highest BCUT2D eigenvalue weighted by molar-refractivity contribution is 5.57. The van der Waals surface area contributed by atoms with Crippen LogP contribution < -0.4 is 0 Å². The zero-order valence-electron chi connectivity index (χ0n) is 10.0. The van der Waals surface area contributed by atoms with Crippen molar-refractivity contribution in [1.29, 1.82) is 0 Å². The largest absolute Gasteiger partial charge is 0.346 e. The van der Waals surface area contributed by atoms with E-state index in [0.29, 0.717) is 13.2 Å². The van der Waals surface area contributed by atoms with Crippen molar-refractivity contribution >= 4 is 6.08 Å². The first kappa shape index (κ1) is 11.0. The highest BCUT2D eigenvalue weighted by Crippen LogP contribution is 2.31. The summed E-state index contributed by atoms with van der Waals surface area (Å²) in [5.74, 6) is 0. The first-order valence-electron chi connectivity index (χ1n) is 6.45. The Hall–Kier alpha value is -1.12. The summed E-state index contributed by atoms with van der Waals surface area (Å²) in [4.78, 5) is 0. The fourth-order valence-electron chi connectivity index (χ4n) is 2.59. The summed E-state index contributed by atoms with van der Waals surface area (Å²) in [7, 11) is 0. The molecule has 0 N–H and O–H groups in total. The van der Waals surface area contributed by atoms with Gasteiger partial charge in [-0.2, -0.15) is 0 Å². The van der Waals surface area contributed by atoms with E-state index in [1.807, 2.05) is 0 Å². The maximum absolute atomic E-state index is 5.59. The Balaban J connectivity index is 1.89. The third-order valence-electron chi connectivity index (χ3n) is 3.48. The molecule has 0 bridgehead atoms. The molecule has 90 valence electrons. The highest BCUT2D eigenvalue weighted by Gasteiger charge is 2.20. The lowest BCUT2D eigenvalue weighted by atomic mass is 10.0. The molecule has 1 aromatic rings. The molecule has 1 heterocycles. The normalized spacial score (nSPS) is 21.1. The maximum Gasteiger partial charge on any atom is 0.184 e. The van der Waals surface area contributed by atoms with Crippen molar-refractivity contribution in [3.8, 4) is 0 Å². The van der Waals surface area contributed by atoms with Crippen LogP contribution in [0, 0.1) is 0 Å². The Labute approximate surface area is 102 Å². The molecule has 1 aromatic carbocycles. The van der Waals surface area contributed by atoms with Gasteiger partial charge in [0.1, 0.15) is 0 Å². The molecule has 1 aliphatic carbocycles. The van der Waals surface area contributed by atoms with E-state index in [0.717, 1.165) is 0 Å². The van der Waals surface area contributed by atoms with Gasteiger partial charge in [0.15, 0.2) is 6.29 Å². The zero-order chi connectivity index (χ0) is 11.5. The van der Waals surface area contributed by atoms with Crippen LogP contribution in [-0.2, 0) is 9.47 Å². The molecule has 0 aromatic heterocycles. The lowest BCUT2D eigenvalue weighted by Gasteiger charge is -2.12. The van der Waals surface area contributed by atoms with E-state index < -0.39 is 0 Å². The first-order chi connectivity index (χ1) is 8.43. The van der Waals surface area contributed by atoms with Gasteiger partial charge in [0, 0.05) is 5.56 Å². The molecular formula is C15H18O2. The Bertz CT molecular complexity index is 409. The Morgan fingerprint density at radius 2 is 1.71 bits per heavy atom. The van der Waals surface area contributed by atoms with Crippen LogP contribution in [0.25, 0.3) is 6.08 Å². The van der Waals surface area contributed by atoms with E-state index in [1.54, 1.807) is 5.57 Å². The van der Waals surface area contributed by atoms with E-state index in [1.165, 1.54) is 36.8 Å². The van der Waals surface area contributed by atoms with E-state index >= 15 is 0 Å². The van der Waals surface area contributed by atoms with Crippen LogP contribution >= 0.6 is 0 Å². The monoisotopic (exact) mass is 230 g/mol. The molecule has 3 rings (SSSR count). The number of benzene rings is 1. The smallest absolute Gasteiger partial charge is 0.184 e. The Morgan fingerprint density at radius 3 is 2.47 bits per heavy atom. The molecule has 17 heavy (non-hydrogen) atoms. The second-order valence-electron chi connectivity index (χ2n) is 4.71. The fourth-order valence-corrected chi connectivity index (χ4v) is 2.59. The van der Waals surface area contributed by atoms with Gasteiger partial charge in [0.25, 0.3) is 0 Å². The van der Waals surface area contributed by atoms with Gasteiger partial charge >= 0.3 is 0 Å². The van der Waals surface area contributed by atoms with Crippen molar-refractivity contribution in [3.63, 3.8) is 0 Å². The second kappa shape index (κ2) is 5.03. The van der Waals surface area contributed by atoms with E-state index in [4.69, 9.17) is 9.47 Å². The van der Waals surface area contributed by atoms with Crippen molar-refractivity contribution in [1.82, 2.24) is 0 Å². The number of hydrogen-bond acceptors (Lipinski definition) is 2. The standard InChI is InChI=1S/C15H18O2/c1-2-6-12(5-1)11-13-7-3-4-8-14(13)15-16-9-10-17-15/h3-4,7-8,11,15H,1-2,5-6,9-10H2. The molecule has 0 spiro atoms. The molecule has 2 fully saturated rings. The summed E-state index contributed by atoms with van der Waals surface area (Å²) in [6.07, 6.45) is 7.34. The van der Waals surface area contributed by atoms with Crippen molar-refractivity contribution in [2.45, 2.75) is 32.0 Å². The third-order valence-corrected chi connectivity index (χ3v) is 3.48. The number of allylic oxidation sites excluding steroid dienone is 1. The average molecular weight is 230 g/mol. The summed E-state index contributed by atoms with van der Waals surface area (Å²) in [6.45, 7) is 1.41. The molecule has 1 saturated heterocycles. The van der Waals surface area contributed by atoms with Gasteiger partial charge in [-0.3, -0.25) is 0 Å². The van der Waals surface area contributed by atoms with Crippen molar-refractivity contribution < 1.29 is 9.47 Å². The summed E-state index contributed by atoms with van der Waals surface area (Å²) in [5, 5.41) is 0. The van der Waals surface area contributed by atoms with Crippen LogP contribution in [-0.4, -0.2) is 13.2 Å².